The summed E-state index contributed by atoms with van der Waals surface area (Å²) in [6, 6.07) is 8.92. The highest BCUT2D eigenvalue weighted by Gasteiger charge is 2.21. The predicted octanol–water partition coefficient (Wildman–Crippen LogP) is 2.37. The number of carboxylic acids is 1. The number of carboxylic acid groups (broad SMARTS) is 1. The topological polar surface area (TPSA) is 78.4 Å². The maximum absolute atomic E-state index is 11.7. The van der Waals surface area contributed by atoms with Crippen LogP contribution in [-0.2, 0) is 11.3 Å². The standard InChI is InChI=1S/C14H14N2O3S/c17-13(18)12(11-4-2-1-3-5-11)16-14(19)15-8-10-6-7-20-9-10/h1-7,9,12H,8H2,(H,17,18)(H2,15,16,19). The molecule has 0 saturated heterocycles. The van der Waals surface area contributed by atoms with Gasteiger partial charge < -0.3 is 15.7 Å². The predicted molar refractivity (Wildman–Crippen MR) is 76.5 cm³/mol. The lowest BCUT2D eigenvalue weighted by atomic mass is 10.1. The number of carbonyl (C=O) groups is 2. The summed E-state index contributed by atoms with van der Waals surface area (Å²) in [5, 5.41) is 18.1. The summed E-state index contributed by atoms with van der Waals surface area (Å²) in [6.07, 6.45) is 0. The molecule has 0 bridgehead atoms. The second kappa shape index (κ2) is 6.72. The smallest absolute Gasteiger partial charge is 0.330 e. The molecular weight excluding hydrogens is 276 g/mol. The summed E-state index contributed by atoms with van der Waals surface area (Å²) in [7, 11) is 0. The van der Waals surface area contributed by atoms with Crippen LogP contribution in [0.15, 0.2) is 47.2 Å². The van der Waals surface area contributed by atoms with Crippen LogP contribution in [0.25, 0.3) is 0 Å². The Kier molecular flexibility index (Phi) is 4.73. The van der Waals surface area contributed by atoms with E-state index >= 15 is 0 Å². The molecule has 0 aliphatic rings. The quantitative estimate of drug-likeness (QED) is 0.791. The summed E-state index contributed by atoms with van der Waals surface area (Å²) >= 11 is 1.54. The van der Waals surface area contributed by atoms with Gasteiger partial charge in [-0.15, -0.1) is 0 Å². The van der Waals surface area contributed by atoms with E-state index in [0.29, 0.717) is 12.1 Å². The Morgan fingerprint density at radius 2 is 1.95 bits per heavy atom. The van der Waals surface area contributed by atoms with Gasteiger partial charge in [0, 0.05) is 6.54 Å². The van der Waals surface area contributed by atoms with Crippen LogP contribution in [0.5, 0.6) is 0 Å². The van der Waals surface area contributed by atoms with Crippen LogP contribution in [0, 0.1) is 0 Å². The lowest BCUT2D eigenvalue weighted by Crippen LogP contribution is -2.40. The van der Waals surface area contributed by atoms with Gasteiger partial charge in [-0.1, -0.05) is 30.3 Å². The third kappa shape index (κ3) is 3.83. The molecule has 0 aliphatic carbocycles. The van der Waals surface area contributed by atoms with Crippen LogP contribution in [0.1, 0.15) is 17.2 Å². The van der Waals surface area contributed by atoms with Gasteiger partial charge in [-0.3, -0.25) is 0 Å². The Morgan fingerprint density at radius 3 is 2.55 bits per heavy atom. The SMILES string of the molecule is O=C(NCc1ccsc1)NC(C(=O)O)c1ccccc1. The van der Waals surface area contributed by atoms with E-state index in [1.807, 2.05) is 16.8 Å². The Hall–Kier alpha value is -2.34. The van der Waals surface area contributed by atoms with E-state index in [-0.39, 0.29) is 0 Å². The number of thiophene rings is 1. The van der Waals surface area contributed by atoms with E-state index in [1.165, 1.54) is 0 Å². The zero-order valence-corrected chi connectivity index (χ0v) is 11.4. The fraction of sp³-hybridized carbons (Fsp3) is 0.143. The summed E-state index contributed by atoms with van der Waals surface area (Å²) in [5.74, 6) is -1.10. The van der Waals surface area contributed by atoms with Crippen LogP contribution in [-0.4, -0.2) is 17.1 Å². The first-order valence-corrected chi connectivity index (χ1v) is 6.94. The summed E-state index contributed by atoms with van der Waals surface area (Å²) in [4.78, 5) is 23.0. The van der Waals surface area contributed by atoms with Crippen molar-refractivity contribution in [3.8, 4) is 0 Å². The van der Waals surface area contributed by atoms with E-state index in [9.17, 15) is 14.7 Å². The van der Waals surface area contributed by atoms with E-state index in [1.54, 1.807) is 41.7 Å². The van der Waals surface area contributed by atoms with Crippen molar-refractivity contribution in [3.05, 3.63) is 58.3 Å². The van der Waals surface area contributed by atoms with Crippen LogP contribution in [0.2, 0.25) is 0 Å². The highest BCUT2D eigenvalue weighted by molar-refractivity contribution is 7.07. The van der Waals surface area contributed by atoms with Crippen LogP contribution in [0.3, 0.4) is 0 Å². The Labute approximate surface area is 120 Å². The van der Waals surface area contributed by atoms with E-state index in [4.69, 9.17) is 0 Å². The second-order valence-electron chi connectivity index (χ2n) is 4.14. The number of benzene rings is 1. The summed E-state index contributed by atoms with van der Waals surface area (Å²) in [5.41, 5.74) is 1.52. The third-order valence-corrected chi connectivity index (χ3v) is 3.42. The van der Waals surface area contributed by atoms with E-state index in [0.717, 1.165) is 5.56 Å². The third-order valence-electron chi connectivity index (χ3n) is 2.69. The lowest BCUT2D eigenvalue weighted by Gasteiger charge is -2.15. The molecule has 2 aromatic rings. The lowest BCUT2D eigenvalue weighted by molar-refractivity contribution is -0.139. The van der Waals surface area contributed by atoms with Gasteiger partial charge in [-0.25, -0.2) is 9.59 Å². The van der Waals surface area contributed by atoms with Gasteiger partial charge in [-0.05, 0) is 28.0 Å². The second-order valence-corrected chi connectivity index (χ2v) is 4.92. The van der Waals surface area contributed by atoms with Crippen LogP contribution >= 0.6 is 11.3 Å². The average Bonchev–Trinajstić information content (AvgIpc) is 2.96. The molecule has 1 aromatic carbocycles. The number of amides is 2. The molecule has 0 radical (unpaired) electrons. The number of carbonyl (C=O) groups excluding carboxylic acids is 1. The fourth-order valence-electron chi connectivity index (χ4n) is 1.69. The molecule has 1 atom stereocenters. The first-order valence-electron chi connectivity index (χ1n) is 6.00. The Balaban J connectivity index is 1.95. The number of nitrogens with one attached hydrogen (secondary N) is 2. The first-order chi connectivity index (χ1) is 9.66. The molecule has 3 N–H and O–H groups in total. The minimum atomic E-state index is -1.10. The molecule has 2 rings (SSSR count). The molecule has 2 amide bonds. The fourth-order valence-corrected chi connectivity index (χ4v) is 2.36. The molecule has 20 heavy (non-hydrogen) atoms. The van der Waals surface area contributed by atoms with Crippen LogP contribution < -0.4 is 10.6 Å². The van der Waals surface area contributed by atoms with Gasteiger partial charge in [-0.2, -0.15) is 11.3 Å². The average molecular weight is 290 g/mol. The molecule has 1 heterocycles. The van der Waals surface area contributed by atoms with Crippen molar-refractivity contribution in [3.63, 3.8) is 0 Å². The summed E-state index contributed by atoms with van der Waals surface area (Å²) < 4.78 is 0. The molecule has 0 fully saturated rings. The molecule has 1 unspecified atom stereocenters. The van der Waals surface area contributed by atoms with Crippen molar-refractivity contribution in [2.75, 3.05) is 0 Å². The zero-order chi connectivity index (χ0) is 14.4. The number of hydrogen-bond acceptors (Lipinski definition) is 3. The van der Waals surface area contributed by atoms with Crippen molar-refractivity contribution in [2.24, 2.45) is 0 Å². The summed E-state index contributed by atoms with van der Waals surface area (Å²) in [6.45, 7) is 0.371. The van der Waals surface area contributed by atoms with Gasteiger partial charge >= 0.3 is 12.0 Å². The number of rotatable bonds is 5. The zero-order valence-electron chi connectivity index (χ0n) is 10.6. The molecule has 104 valence electrons. The van der Waals surface area contributed by atoms with Crippen molar-refractivity contribution in [1.29, 1.82) is 0 Å². The van der Waals surface area contributed by atoms with Crippen LogP contribution in [0.4, 0.5) is 4.79 Å². The molecular formula is C14H14N2O3S. The largest absolute Gasteiger partial charge is 0.479 e. The normalized spacial score (nSPS) is 11.6. The maximum atomic E-state index is 11.7. The van der Waals surface area contributed by atoms with Gasteiger partial charge in [0.1, 0.15) is 0 Å². The highest BCUT2D eigenvalue weighted by Crippen LogP contribution is 2.12. The molecule has 1 aromatic heterocycles. The van der Waals surface area contributed by atoms with E-state index < -0.39 is 18.0 Å². The van der Waals surface area contributed by atoms with Crippen molar-refractivity contribution >= 4 is 23.3 Å². The maximum Gasteiger partial charge on any atom is 0.330 e. The number of urea groups is 1. The van der Waals surface area contributed by atoms with Gasteiger partial charge in [0.15, 0.2) is 6.04 Å². The van der Waals surface area contributed by atoms with Gasteiger partial charge in [0.25, 0.3) is 0 Å². The molecule has 0 aliphatic heterocycles. The number of hydrogen-bond donors (Lipinski definition) is 3. The number of aliphatic carboxylic acids is 1. The molecule has 0 saturated carbocycles. The monoisotopic (exact) mass is 290 g/mol. The van der Waals surface area contributed by atoms with Crippen molar-refractivity contribution in [2.45, 2.75) is 12.6 Å². The Bertz CT molecular complexity index is 569. The Morgan fingerprint density at radius 1 is 1.20 bits per heavy atom. The van der Waals surface area contributed by atoms with E-state index in [2.05, 4.69) is 10.6 Å². The van der Waals surface area contributed by atoms with Crippen molar-refractivity contribution in [1.82, 2.24) is 10.6 Å². The van der Waals surface area contributed by atoms with Gasteiger partial charge in [0.05, 0.1) is 0 Å². The minimum absolute atomic E-state index is 0.371. The first kappa shape index (κ1) is 14.1. The molecule has 6 heteroatoms. The minimum Gasteiger partial charge on any atom is -0.479 e. The molecule has 0 spiro atoms. The highest BCUT2D eigenvalue weighted by atomic mass is 32.1. The molecule has 5 nitrogen and oxygen atoms in total. The van der Waals surface area contributed by atoms with Gasteiger partial charge in [0.2, 0.25) is 0 Å². The van der Waals surface area contributed by atoms with Crippen molar-refractivity contribution < 1.29 is 14.7 Å².